The first-order chi connectivity index (χ1) is 15.3. The van der Waals surface area contributed by atoms with Crippen molar-refractivity contribution in [2.45, 2.75) is 12.6 Å². The van der Waals surface area contributed by atoms with Crippen molar-refractivity contribution in [2.24, 2.45) is 0 Å². The Morgan fingerprint density at radius 2 is 1.94 bits per heavy atom. The van der Waals surface area contributed by atoms with E-state index in [-0.39, 0.29) is 17.9 Å². The molecule has 3 aromatic rings. The average Bonchev–Trinajstić information content (AvgIpc) is 2.79. The summed E-state index contributed by atoms with van der Waals surface area (Å²) in [6.45, 7) is 3.83. The Hall–Kier alpha value is -3.53. The van der Waals surface area contributed by atoms with Crippen LogP contribution in [0, 0.1) is 0 Å². The van der Waals surface area contributed by atoms with Crippen LogP contribution in [0.1, 0.15) is 17.7 Å². The van der Waals surface area contributed by atoms with Gasteiger partial charge < -0.3 is 5.32 Å². The minimum absolute atomic E-state index is 0.0188. The van der Waals surface area contributed by atoms with Gasteiger partial charge >= 0.3 is 6.18 Å². The van der Waals surface area contributed by atoms with E-state index in [1.54, 1.807) is 49.3 Å². The van der Waals surface area contributed by atoms with Crippen molar-refractivity contribution in [3.63, 3.8) is 0 Å². The topological polar surface area (TPSA) is 80.7 Å². The number of amides is 1. The lowest BCUT2D eigenvalue weighted by molar-refractivity contribution is -0.141. The molecule has 10 heteroatoms. The summed E-state index contributed by atoms with van der Waals surface area (Å²) in [5.74, 6) is 0.0507. The number of alkyl halides is 3. The van der Waals surface area contributed by atoms with Crippen molar-refractivity contribution in [2.75, 3.05) is 11.6 Å². The van der Waals surface area contributed by atoms with E-state index in [1.807, 2.05) is 0 Å². The standard InChI is InChI=1S/C22H18F3N5OS/c1-14(15-5-6-28-19(10-15)22(23,24)25)9-17(32-2)11-21(31)30-20-4-3-16(12-29-20)18-13-26-7-8-27-18/h3-10,12-13H,1,11H2,2H3,(H,29,30,31)/b17-9-. The first-order valence-electron chi connectivity index (χ1n) is 9.25. The second-order valence-electron chi connectivity index (χ2n) is 6.52. The predicted octanol–water partition coefficient (Wildman–Crippen LogP) is 5.24. The molecule has 0 aliphatic heterocycles. The van der Waals surface area contributed by atoms with Crippen molar-refractivity contribution in [1.29, 1.82) is 0 Å². The Morgan fingerprint density at radius 3 is 2.56 bits per heavy atom. The summed E-state index contributed by atoms with van der Waals surface area (Å²) in [5, 5.41) is 2.70. The Morgan fingerprint density at radius 1 is 1.12 bits per heavy atom. The molecule has 1 amide bonds. The Labute approximate surface area is 186 Å². The minimum atomic E-state index is -4.54. The number of carbonyl (C=O) groups excluding carboxylic acids is 1. The van der Waals surface area contributed by atoms with E-state index in [0.29, 0.717) is 22.0 Å². The van der Waals surface area contributed by atoms with Gasteiger partial charge in [0.05, 0.1) is 18.3 Å². The Kier molecular flexibility index (Phi) is 7.37. The molecule has 32 heavy (non-hydrogen) atoms. The fourth-order valence-electron chi connectivity index (χ4n) is 2.66. The van der Waals surface area contributed by atoms with Gasteiger partial charge in [-0.05, 0) is 52.6 Å². The summed E-state index contributed by atoms with van der Waals surface area (Å²) >= 11 is 1.31. The molecule has 0 aliphatic rings. The number of hydrogen-bond acceptors (Lipinski definition) is 6. The maximum atomic E-state index is 12.9. The van der Waals surface area contributed by atoms with Gasteiger partial charge in [-0.2, -0.15) is 13.2 Å². The number of anilines is 1. The molecule has 0 aliphatic carbocycles. The van der Waals surface area contributed by atoms with Crippen LogP contribution in [-0.4, -0.2) is 32.1 Å². The minimum Gasteiger partial charge on any atom is -0.310 e. The lowest BCUT2D eigenvalue weighted by Gasteiger charge is -2.10. The number of allylic oxidation sites excluding steroid dienone is 2. The number of thioether (sulfide) groups is 1. The van der Waals surface area contributed by atoms with E-state index < -0.39 is 11.9 Å². The first kappa shape index (κ1) is 23.1. The van der Waals surface area contributed by atoms with Crippen LogP contribution in [0.4, 0.5) is 19.0 Å². The fourth-order valence-corrected chi connectivity index (χ4v) is 3.19. The van der Waals surface area contributed by atoms with Gasteiger partial charge in [0.2, 0.25) is 5.91 Å². The van der Waals surface area contributed by atoms with Gasteiger partial charge in [0.25, 0.3) is 0 Å². The number of carbonyl (C=O) groups is 1. The van der Waals surface area contributed by atoms with Gasteiger partial charge in [-0.15, -0.1) is 11.8 Å². The molecule has 6 nitrogen and oxygen atoms in total. The van der Waals surface area contributed by atoms with Gasteiger partial charge in [0, 0.05) is 30.4 Å². The van der Waals surface area contributed by atoms with E-state index >= 15 is 0 Å². The summed E-state index contributed by atoms with van der Waals surface area (Å²) in [7, 11) is 0. The van der Waals surface area contributed by atoms with Gasteiger partial charge in [-0.1, -0.05) is 6.58 Å². The van der Waals surface area contributed by atoms with Gasteiger partial charge in [-0.3, -0.25) is 19.7 Å². The highest BCUT2D eigenvalue weighted by Gasteiger charge is 2.32. The van der Waals surface area contributed by atoms with Crippen molar-refractivity contribution in [1.82, 2.24) is 19.9 Å². The van der Waals surface area contributed by atoms with Crippen LogP contribution in [0.3, 0.4) is 0 Å². The molecule has 0 spiro atoms. The maximum absolute atomic E-state index is 12.9. The van der Waals surface area contributed by atoms with E-state index in [4.69, 9.17) is 0 Å². The molecule has 3 heterocycles. The first-order valence-corrected chi connectivity index (χ1v) is 10.5. The molecule has 0 radical (unpaired) electrons. The van der Waals surface area contributed by atoms with Crippen molar-refractivity contribution in [3.05, 3.63) is 84.1 Å². The van der Waals surface area contributed by atoms with Gasteiger partial charge in [0.15, 0.2) is 0 Å². The number of nitrogens with zero attached hydrogens (tertiary/aromatic N) is 4. The second-order valence-corrected chi connectivity index (χ2v) is 7.45. The fraction of sp³-hybridized carbons (Fsp3) is 0.136. The summed E-state index contributed by atoms with van der Waals surface area (Å²) in [4.78, 5) is 28.8. The maximum Gasteiger partial charge on any atom is 0.433 e. The van der Waals surface area contributed by atoms with Crippen molar-refractivity contribution >= 4 is 29.1 Å². The van der Waals surface area contributed by atoms with Crippen LogP contribution in [-0.2, 0) is 11.0 Å². The molecule has 3 aromatic heterocycles. The molecule has 164 valence electrons. The molecule has 0 saturated carbocycles. The number of rotatable bonds is 7. The van der Waals surface area contributed by atoms with Crippen LogP contribution in [0.5, 0.6) is 0 Å². The number of hydrogen-bond donors (Lipinski definition) is 1. The smallest absolute Gasteiger partial charge is 0.310 e. The van der Waals surface area contributed by atoms with Crippen LogP contribution in [0.2, 0.25) is 0 Å². The van der Waals surface area contributed by atoms with Gasteiger partial charge in [-0.25, -0.2) is 4.98 Å². The zero-order valence-corrected chi connectivity index (χ0v) is 17.7. The van der Waals surface area contributed by atoms with Crippen molar-refractivity contribution in [3.8, 4) is 11.3 Å². The zero-order chi connectivity index (χ0) is 23.1. The predicted molar refractivity (Wildman–Crippen MR) is 118 cm³/mol. The molecular formula is C22H18F3N5OS. The molecule has 0 atom stereocenters. The highest BCUT2D eigenvalue weighted by atomic mass is 32.2. The molecular weight excluding hydrogens is 439 g/mol. The molecule has 1 N–H and O–H groups in total. The number of halogens is 3. The van der Waals surface area contributed by atoms with E-state index in [0.717, 1.165) is 17.8 Å². The average molecular weight is 457 g/mol. The lowest BCUT2D eigenvalue weighted by atomic mass is 10.1. The summed E-state index contributed by atoms with van der Waals surface area (Å²) in [6, 6.07) is 5.79. The van der Waals surface area contributed by atoms with Crippen LogP contribution < -0.4 is 5.32 Å². The van der Waals surface area contributed by atoms with Crippen LogP contribution in [0.15, 0.2) is 72.8 Å². The normalized spacial score (nSPS) is 11.8. The monoisotopic (exact) mass is 457 g/mol. The molecule has 0 fully saturated rings. The third-order valence-corrected chi connectivity index (χ3v) is 5.03. The number of pyridine rings is 2. The number of nitrogens with one attached hydrogen (secondary N) is 1. The Bertz CT molecular complexity index is 1130. The summed E-state index contributed by atoms with van der Waals surface area (Å²) in [6.07, 6.45) is 6.25. The SMILES string of the molecule is C=C(/C=C(/CC(=O)Nc1ccc(-c2cnccn2)cn1)SC)c1ccnc(C(F)(F)F)c1. The molecule has 0 saturated heterocycles. The van der Waals surface area contributed by atoms with E-state index in [1.165, 1.54) is 17.8 Å². The second kappa shape index (κ2) is 10.2. The number of aromatic nitrogens is 4. The Balaban J connectivity index is 1.65. The third kappa shape index (κ3) is 6.24. The van der Waals surface area contributed by atoms with E-state index in [9.17, 15) is 18.0 Å². The largest absolute Gasteiger partial charge is 0.433 e. The lowest BCUT2D eigenvalue weighted by Crippen LogP contribution is -2.12. The molecule has 3 rings (SSSR count). The van der Waals surface area contributed by atoms with Crippen LogP contribution in [0.25, 0.3) is 16.8 Å². The quantitative estimate of drug-likeness (QED) is 0.489. The third-order valence-electron chi connectivity index (χ3n) is 4.24. The molecule has 0 aromatic carbocycles. The van der Waals surface area contributed by atoms with E-state index in [2.05, 4.69) is 31.8 Å². The molecule has 0 unspecified atom stereocenters. The van der Waals surface area contributed by atoms with Crippen LogP contribution >= 0.6 is 11.8 Å². The highest BCUT2D eigenvalue weighted by molar-refractivity contribution is 8.02. The molecule has 0 bridgehead atoms. The zero-order valence-electron chi connectivity index (χ0n) is 16.9. The summed E-state index contributed by atoms with van der Waals surface area (Å²) < 4.78 is 38.6. The highest BCUT2D eigenvalue weighted by Crippen LogP contribution is 2.30. The summed E-state index contributed by atoms with van der Waals surface area (Å²) in [5.41, 5.74) is 1.05. The van der Waals surface area contributed by atoms with Gasteiger partial charge in [0.1, 0.15) is 11.5 Å². The van der Waals surface area contributed by atoms with Crippen molar-refractivity contribution < 1.29 is 18.0 Å².